The number of nitro benzene ring substituents is 1. The van der Waals surface area contributed by atoms with Gasteiger partial charge in [-0.05, 0) is 25.0 Å². The lowest BCUT2D eigenvalue weighted by atomic mass is 9.94. The molecule has 1 aromatic carbocycles. The van der Waals surface area contributed by atoms with Gasteiger partial charge in [-0.2, -0.15) is 0 Å². The molecule has 1 saturated carbocycles. The van der Waals surface area contributed by atoms with E-state index < -0.39 is 22.6 Å². The first kappa shape index (κ1) is 15.2. The van der Waals surface area contributed by atoms with Crippen molar-refractivity contribution in [2.75, 3.05) is 5.32 Å². The van der Waals surface area contributed by atoms with Gasteiger partial charge in [-0.3, -0.25) is 14.9 Å². The summed E-state index contributed by atoms with van der Waals surface area (Å²) in [4.78, 5) is 21.7. The summed E-state index contributed by atoms with van der Waals surface area (Å²) in [5.41, 5.74) is -0.206. The minimum atomic E-state index is -0.904. The van der Waals surface area contributed by atoms with Crippen LogP contribution in [0.15, 0.2) is 18.2 Å². The first-order chi connectivity index (χ1) is 9.99. The van der Waals surface area contributed by atoms with Gasteiger partial charge in [0.05, 0.1) is 16.9 Å². The average Bonchev–Trinajstić information content (AvgIpc) is 2.66. The van der Waals surface area contributed by atoms with Crippen LogP contribution < -0.4 is 5.32 Å². The maximum Gasteiger partial charge on any atom is 0.308 e. The molecular formula is C14H17FN2O4. The van der Waals surface area contributed by atoms with Gasteiger partial charge in [0.15, 0.2) is 0 Å². The Labute approximate surface area is 121 Å². The summed E-state index contributed by atoms with van der Waals surface area (Å²) in [5.74, 6) is -2.18. The zero-order valence-corrected chi connectivity index (χ0v) is 11.4. The molecular weight excluding hydrogens is 279 g/mol. The van der Waals surface area contributed by atoms with Crippen LogP contribution in [0.25, 0.3) is 0 Å². The third kappa shape index (κ3) is 3.68. The summed E-state index contributed by atoms with van der Waals surface area (Å²) in [6.07, 6.45) is 3.83. The minimum absolute atomic E-state index is 0.166. The van der Waals surface area contributed by atoms with Gasteiger partial charge >= 0.3 is 5.97 Å². The molecule has 114 valence electrons. The number of nitrogens with one attached hydrogen (secondary N) is 1. The molecule has 0 bridgehead atoms. The van der Waals surface area contributed by atoms with E-state index in [9.17, 15) is 24.4 Å². The van der Waals surface area contributed by atoms with Gasteiger partial charge in [-0.25, -0.2) is 4.39 Å². The maximum absolute atomic E-state index is 13.1. The second-order valence-electron chi connectivity index (χ2n) is 5.25. The van der Waals surface area contributed by atoms with Crippen molar-refractivity contribution in [3.63, 3.8) is 0 Å². The topological polar surface area (TPSA) is 92.5 Å². The number of carboxylic acid groups (broad SMARTS) is 1. The van der Waals surface area contributed by atoms with Gasteiger partial charge in [0, 0.05) is 6.04 Å². The second kappa shape index (κ2) is 6.51. The van der Waals surface area contributed by atoms with Crippen molar-refractivity contribution in [2.24, 2.45) is 5.92 Å². The van der Waals surface area contributed by atoms with Crippen molar-refractivity contribution >= 4 is 17.3 Å². The van der Waals surface area contributed by atoms with Gasteiger partial charge < -0.3 is 10.4 Å². The number of benzene rings is 1. The quantitative estimate of drug-likeness (QED) is 0.505. The van der Waals surface area contributed by atoms with Gasteiger partial charge in [0.1, 0.15) is 11.5 Å². The van der Waals surface area contributed by atoms with E-state index in [4.69, 9.17) is 0 Å². The highest BCUT2D eigenvalue weighted by atomic mass is 19.1. The first-order valence-corrected chi connectivity index (χ1v) is 6.92. The van der Waals surface area contributed by atoms with Gasteiger partial charge in [0.25, 0.3) is 5.69 Å². The zero-order valence-electron chi connectivity index (χ0n) is 11.4. The molecule has 2 atom stereocenters. The lowest BCUT2D eigenvalue weighted by molar-refractivity contribution is -0.384. The number of carbonyl (C=O) groups is 1. The van der Waals surface area contributed by atoms with Crippen molar-refractivity contribution < 1.29 is 19.2 Å². The van der Waals surface area contributed by atoms with Crippen molar-refractivity contribution in [1.82, 2.24) is 0 Å². The molecule has 0 aliphatic heterocycles. The number of aliphatic carboxylic acids is 1. The lowest BCUT2D eigenvalue weighted by Gasteiger charge is -2.23. The first-order valence-electron chi connectivity index (χ1n) is 6.92. The normalized spacial score (nSPS) is 22.3. The highest BCUT2D eigenvalue weighted by Crippen LogP contribution is 2.31. The summed E-state index contributed by atoms with van der Waals surface area (Å²) < 4.78 is 13.1. The maximum atomic E-state index is 13.1. The number of halogens is 1. The van der Waals surface area contributed by atoms with Crippen LogP contribution in [0.5, 0.6) is 0 Å². The Morgan fingerprint density at radius 2 is 2.05 bits per heavy atom. The van der Waals surface area contributed by atoms with E-state index in [2.05, 4.69) is 5.32 Å². The zero-order chi connectivity index (χ0) is 15.4. The number of hydrogen-bond donors (Lipinski definition) is 2. The van der Waals surface area contributed by atoms with Crippen LogP contribution in [-0.4, -0.2) is 22.0 Å². The monoisotopic (exact) mass is 296 g/mol. The van der Waals surface area contributed by atoms with Gasteiger partial charge in [0.2, 0.25) is 0 Å². The molecule has 7 heteroatoms. The largest absolute Gasteiger partial charge is 0.481 e. The second-order valence-corrected chi connectivity index (χ2v) is 5.25. The van der Waals surface area contributed by atoms with Crippen molar-refractivity contribution in [2.45, 2.75) is 38.1 Å². The van der Waals surface area contributed by atoms with E-state index in [-0.39, 0.29) is 17.4 Å². The Morgan fingerprint density at radius 1 is 1.33 bits per heavy atom. The third-order valence-electron chi connectivity index (χ3n) is 3.83. The van der Waals surface area contributed by atoms with Crippen LogP contribution in [0, 0.1) is 21.8 Å². The van der Waals surface area contributed by atoms with Crippen LogP contribution >= 0.6 is 0 Å². The van der Waals surface area contributed by atoms with Gasteiger partial charge in [-0.1, -0.05) is 19.3 Å². The summed E-state index contributed by atoms with van der Waals surface area (Å²) in [6, 6.07) is 2.88. The van der Waals surface area contributed by atoms with Crippen LogP contribution in [0.3, 0.4) is 0 Å². The van der Waals surface area contributed by atoms with E-state index in [1.807, 2.05) is 0 Å². The minimum Gasteiger partial charge on any atom is -0.481 e. The summed E-state index contributed by atoms with van der Waals surface area (Å²) >= 11 is 0. The van der Waals surface area contributed by atoms with E-state index >= 15 is 0 Å². The van der Waals surface area contributed by atoms with E-state index in [0.29, 0.717) is 12.8 Å². The fourth-order valence-electron chi connectivity index (χ4n) is 2.75. The number of nitro groups is 1. The Balaban J connectivity index is 2.26. The molecule has 2 rings (SSSR count). The summed E-state index contributed by atoms with van der Waals surface area (Å²) in [7, 11) is 0. The van der Waals surface area contributed by atoms with Crippen LogP contribution in [0.2, 0.25) is 0 Å². The molecule has 2 N–H and O–H groups in total. The Hall–Kier alpha value is -2.18. The predicted octanol–water partition coefficient (Wildman–Crippen LogP) is 3.18. The van der Waals surface area contributed by atoms with Crippen LogP contribution in [-0.2, 0) is 4.79 Å². The molecule has 0 heterocycles. The van der Waals surface area contributed by atoms with Crippen molar-refractivity contribution in [3.8, 4) is 0 Å². The standard InChI is InChI=1S/C14H17FN2O4/c15-9-6-7-12(13(8-9)17(20)21)16-11-5-3-1-2-4-10(11)14(18)19/h6-8,10-11,16H,1-5H2,(H,18,19). The number of hydrogen-bond acceptors (Lipinski definition) is 4. The fourth-order valence-corrected chi connectivity index (χ4v) is 2.75. The van der Waals surface area contributed by atoms with Crippen molar-refractivity contribution in [1.29, 1.82) is 0 Å². The molecule has 0 saturated heterocycles. The van der Waals surface area contributed by atoms with E-state index in [1.54, 1.807) is 0 Å². The average molecular weight is 296 g/mol. The number of carboxylic acids is 1. The molecule has 2 unspecified atom stereocenters. The van der Waals surface area contributed by atoms with Crippen molar-refractivity contribution in [3.05, 3.63) is 34.1 Å². The molecule has 0 amide bonds. The molecule has 1 aliphatic rings. The van der Waals surface area contributed by atoms with Gasteiger partial charge in [-0.15, -0.1) is 0 Å². The SMILES string of the molecule is O=C(O)C1CCCCCC1Nc1ccc(F)cc1[N+](=O)[O-]. The number of nitrogens with zero attached hydrogens (tertiary/aromatic N) is 1. The molecule has 0 spiro atoms. The highest BCUT2D eigenvalue weighted by molar-refractivity contribution is 5.72. The van der Waals surface area contributed by atoms with E-state index in [0.717, 1.165) is 31.4 Å². The van der Waals surface area contributed by atoms with Crippen LogP contribution in [0.1, 0.15) is 32.1 Å². The Kier molecular flexibility index (Phi) is 4.72. The smallest absolute Gasteiger partial charge is 0.308 e. The molecule has 21 heavy (non-hydrogen) atoms. The predicted molar refractivity (Wildman–Crippen MR) is 74.7 cm³/mol. The molecule has 0 radical (unpaired) electrons. The molecule has 0 aromatic heterocycles. The Bertz CT molecular complexity index is 550. The van der Waals surface area contributed by atoms with Crippen LogP contribution in [0.4, 0.5) is 15.8 Å². The van der Waals surface area contributed by atoms with E-state index in [1.165, 1.54) is 6.07 Å². The molecule has 6 nitrogen and oxygen atoms in total. The molecule has 1 aliphatic carbocycles. The number of anilines is 1. The third-order valence-corrected chi connectivity index (χ3v) is 3.83. The number of rotatable bonds is 4. The Morgan fingerprint density at radius 3 is 2.71 bits per heavy atom. The molecule has 1 fully saturated rings. The molecule has 1 aromatic rings. The summed E-state index contributed by atoms with van der Waals surface area (Å²) in [6.45, 7) is 0. The lowest BCUT2D eigenvalue weighted by Crippen LogP contribution is -2.33. The highest BCUT2D eigenvalue weighted by Gasteiger charge is 2.30. The summed E-state index contributed by atoms with van der Waals surface area (Å²) in [5, 5.41) is 23.2. The fraction of sp³-hybridized carbons (Fsp3) is 0.500.